The fourth-order valence-corrected chi connectivity index (χ4v) is 2.91. The van der Waals surface area contributed by atoms with Crippen molar-refractivity contribution in [2.45, 2.75) is 6.54 Å². The Labute approximate surface area is 122 Å². The van der Waals surface area contributed by atoms with E-state index >= 15 is 0 Å². The van der Waals surface area contributed by atoms with Gasteiger partial charge in [-0.3, -0.25) is 4.31 Å². The molecule has 0 atom stereocenters. The van der Waals surface area contributed by atoms with E-state index in [1.807, 2.05) is 0 Å². The van der Waals surface area contributed by atoms with Gasteiger partial charge >= 0.3 is 0 Å². The number of benzene rings is 2. The van der Waals surface area contributed by atoms with E-state index in [-0.39, 0.29) is 6.54 Å². The first kappa shape index (κ1) is 14.8. The minimum atomic E-state index is -3.47. The van der Waals surface area contributed by atoms with Crippen LogP contribution in [0.2, 0.25) is 5.02 Å². The van der Waals surface area contributed by atoms with Gasteiger partial charge in [0.25, 0.3) is 0 Å². The van der Waals surface area contributed by atoms with Crippen molar-refractivity contribution in [1.29, 1.82) is 0 Å². The van der Waals surface area contributed by atoms with Crippen LogP contribution in [0.15, 0.2) is 48.5 Å². The minimum absolute atomic E-state index is 0.144. The Morgan fingerprint density at radius 3 is 2.35 bits per heavy atom. The van der Waals surface area contributed by atoms with Crippen molar-refractivity contribution in [3.8, 4) is 0 Å². The highest BCUT2D eigenvalue weighted by atomic mass is 35.5. The second-order valence-corrected chi connectivity index (χ2v) is 6.72. The molecule has 0 aliphatic heterocycles. The summed E-state index contributed by atoms with van der Waals surface area (Å²) in [6, 6.07) is 12.3. The standard InChI is InChI=1S/C14H13ClFNO2S/c1-20(18,19)17(14-7-5-13(16)6-8-14)10-11-3-2-4-12(15)9-11/h2-9H,10H2,1H3. The number of hydrogen-bond donors (Lipinski definition) is 0. The summed E-state index contributed by atoms with van der Waals surface area (Å²) >= 11 is 5.89. The maximum Gasteiger partial charge on any atom is 0.232 e. The van der Waals surface area contributed by atoms with Gasteiger partial charge in [0.1, 0.15) is 5.82 Å². The van der Waals surface area contributed by atoms with Crippen molar-refractivity contribution >= 4 is 27.3 Å². The number of nitrogens with zero attached hydrogens (tertiary/aromatic N) is 1. The molecular formula is C14H13ClFNO2S. The maximum absolute atomic E-state index is 12.9. The van der Waals surface area contributed by atoms with E-state index in [1.54, 1.807) is 24.3 Å². The van der Waals surface area contributed by atoms with E-state index in [0.717, 1.165) is 11.8 Å². The van der Waals surface area contributed by atoms with Gasteiger partial charge in [0, 0.05) is 5.02 Å². The largest absolute Gasteiger partial charge is 0.266 e. The summed E-state index contributed by atoms with van der Waals surface area (Å²) in [6.45, 7) is 0.144. The van der Waals surface area contributed by atoms with Crippen molar-refractivity contribution in [2.75, 3.05) is 10.6 Å². The lowest BCUT2D eigenvalue weighted by Crippen LogP contribution is -2.29. The Morgan fingerprint density at radius 1 is 1.15 bits per heavy atom. The zero-order chi connectivity index (χ0) is 14.8. The third-order valence-corrected chi connectivity index (χ3v) is 4.11. The molecule has 0 bridgehead atoms. The summed E-state index contributed by atoms with van der Waals surface area (Å²) < 4.78 is 38.0. The highest BCUT2D eigenvalue weighted by molar-refractivity contribution is 7.92. The van der Waals surface area contributed by atoms with Crippen LogP contribution in [0.1, 0.15) is 5.56 Å². The first-order chi connectivity index (χ1) is 9.36. The lowest BCUT2D eigenvalue weighted by atomic mass is 10.2. The van der Waals surface area contributed by atoms with Crippen LogP contribution in [-0.2, 0) is 16.6 Å². The Morgan fingerprint density at radius 2 is 1.80 bits per heavy atom. The van der Waals surface area contributed by atoms with Crippen LogP contribution in [0.4, 0.5) is 10.1 Å². The van der Waals surface area contributed by atoms with Gasteiger partial charge in [-0.25, -0.2) is 12.8 Å². The molecule has 0 amide bonds. The summed E-state index contributed by atoms with van der Waals surface area (Å²) in [7, 11) is -3.47. The van der Waals surface area contributed by atoms with Gasteiger partial charge in [0.05, 0.1) is 18.5 Å². The molecule has 2 rings (SSSR count). The Balaban J connectivity index is 2.37. The lowest BCUT2D eigenvalue weighted by Gasteiger charge is -2.22. The fraction of sp³-hybridized carbons (Fsp3) is 0.143. The molecule has 0 saturated heterocycles. The zero-order valence-electron chi connectivity index (χ0n) is 10.8. The average Bonchev–Trinajstić information content (AvgIpc) is 2.36. The molecule has 3 nitrogen and oxygen atoms in total. The normalized spacial score (nSPS) is 11.3. The van der Waals surface area contributed by atoms with Crippen molar-refractivity contribution < 1.29 is 12.8 Å². The van der Waals surface area contributed by atoms with Crippen molar-refractivity contribution in [3.63, 3.8) is 0 Å². The van der Waals surface area contributed by atoms with Crippen LogP contribution in [0, 0.1) is 5.82 Å². The predicted octanol–water partition coefficient (Wildman–Crippen LogP) is 3.45. The second-order valence-electron chi connectivity index (χ2n) is 4.38. The summed E-state index contributed by atoms with van der Waals surface area (Å²) in [6.07, 6.45) is 1.11. The Hall–Kier alpha value is -1.59. The molecule has 0 unspecified atom stereocenters. The molecule has 0 radical (unpaired) electrons. The van der Waals surface area contributed by atoms with E-state index in [2.05, 4.69) is 0 Å². The molecule has 2 aromatic carbocycles. The number of anilines is 1. The van der Waals surface area contributed by atoms with Crippen molar-refractivity contribution in [1.82, 2.24) is 0 Å². The van der Waals surface area contributed by atoms with Crippen molar-refractivity contribution in [3.05, 3.63) is 64.9 Å². The second kappa shape index (κ2) is 5.81. The van der Waals surface area contributed by atoms with Crippen LogP contribution in [-0.4, -0.2) is 14.7 Å². The molecule has 106 valence electrons. The van der Waals surface area contributed by atoms with Crippen molar-refractivity contribution in [2.24, 2.45) is 0 Å². The minimum Gasteiger partial charge on any atom is -0.266 e. The highest BCUT2D eigenvalue weighted by Gasteiger charge is 2.17. The number of sulfonamides is 1. The van der Waals surface area contributed by atoms with Gasteiger partial charge in [-0.1, -0.05) is 23.7 Å². The molecule has 2 aromatic rings. The molecule has 6 heteroatoms. The molecule has 0 aromatic heterocycles. The highest BCUT2D eigenvalue weighted by Crippen LogP contribution is 2.22. The number of hydrogen-bond acceptors (Lipinski definition) is 2. The van der Waals surface area contributed by atoms with E-state index in [4.69, 9.17) is 11.6 Å². The molecule has 0 fully saturated rings. The number of rotatable bonds is 4. The van der Waals surface area contributed by atoms with Gasteiger partial charge in [-0.2, -0.15) is 0 Å². The molecule has 0 saturated carbocycles. The molecule has 0 spiro atoms. The maximum atomic E-state index is 12.9. The SMILES string of the molecule is CS(=O)(=O)N(Cc1cccc(Cl)c1)c1ccc(F)cc1. The van der Waals surface area contributed by atoms with E-state index in [0.29, 0.717) is 10.7 Å². The first-order valence-corrected chi connectivity index (χ1v) is 8.06. The van der Waals surface area contributed by atoms with E-state index in [1.165, 1.54) is 28.6 Å². The summed E-state index contributed by atoms with van der Waals surface area (Å²) in [5.74, 6) is -0.412. The van der Waals surface area contributed by atoms with Crippen LogP contribution in [0.3, 0.4) is 0 Å². The summed E-state index contributed by atoms with van der Waals surface area (Å²) in [4.78, 5) is 0. The molecule has 0 aliphatic carbocycles. The number of halogens is 2. The zero-order valence-corrected chi connectivity index (χ0v) is 12.3. The molecule has 0 N–H and O–H groups in total. The average molecular weight is 314 g/mol. The quantitative estimate of drug-likeness (QED) is 0.867. The van der Waals surface area contributed by atoms with E-state index < -0.39 is 15.8 Å². The van der Waals surface area contributed by atoms with Gasteiger partial charge in [0.2, 0.25) is 10.0 Å². The molecule has 0 aliphatic rings. The molecule has 20 heavy (non-hydrogen) atoms. The lowest BCUT2D eigenvalue weighted by molar-refractivity contribution is 0.596. The topological polar surface area (TPSA) is 37.4 Å². The summed E-state index contributed by atoms with van der Waals surface area (Å²) in [5, 5.41) is 0.537. The van der Waals surface area contributed by atoms with E-state index in [9.17, 15) is 12.8 Å². The molecular weight excluding hydrogens is 301 g/mol. The van der Waals surface area contributed by atoms with Gasteiger partial charge in [-0.15, -0.1) is 0 Å². The molecule has 0 heterocycles. The van der Waals surface area contributed by atoms with Crippen LogP contribution in [0.25, 0.3) is 0 Å². The van der Waals surface area contributed by atoms with Crippen LogP contribution < -0.4 is 4.31 Å². The Bertz CT molecular complexity index is 701. The third-order valence-electron chi connectivity index (χ3n) is 2.73. The third kappa shape index (κ3) is 3.71. The monoisotopic (exact) mass is 313 g/mol. The predicted molar refractivity (Wildman–Crippen MR) is 78.9 cm³/mol. The Kier molecular flexibility index (Phi) is 4.30. The van der Waals surface area contributed by atoms with Crippen LogP contribution in [0.5, 0.6) is 0 Å². The fourth-order valence-electron chi connectivity index (χ4n) is 1.81. The first-order valence-electron chi connectivity index (χ1n) is 5.84. The van der Waals surface area contributed by atoms with Gasteiger partial charge in [-0.05, 0) is 42.0 Å². The van der Waals surface area contributed by atoms with Gasteiger partial charge < -0.3 is 0 Å². The van der Waals surface area contributed by atoms with Gasteiger partial charge in [0.15, 0.2) is 0 Å². The summed E-state index contributed by atoms with van der Waals surface area (Å²) in [5.41, 5.74) is 1.17. The smallest absolute Gasteiger partial charge is 0.232 e. The van der Waals surface area contributed by atoms with Crippen LogP contribution >= 0.6 is 11.6 Å².